The molecule has 1 aromatic carbocycles. The van der Waals surface area contributed by atoms with Crippen LogP contribution in [-0.4, -0.2) is 11.4 Å². The van der Waals surface area contributed by atoms with E-state index in [9.17, 15) is 4.79 Å². The zero-order valence-electron chi connectivity index (χ0n) is 9.42. The van der Waals surface area contributed by atoms with E-state index in [0.29, 0.717) is 0 Å². The zero-order valence-corrected chi connectivity index (χ0v) is 11.0. The first-order chi connectivity index (χ1) is 7.65. The Hall–Kier alpha value is -0.830. The summed E-state index contributed by atoms with van der Waals surface area (Å²) < 4.78 is 0.944. The van der Waals surface area contributed by atoms with Crippen molar-refractivity contribution in [2.24, 2.45) is 0 Å². The van der Waals surface area contributed by atoms with Crippen molar-refractivity contribution in [3.63, 3.8) is 0 Å². The molecule has 3 heteroatoms. The molecule has 1 aliphatic carbocycles. The van der Waals surface area contributed by atoms with Crippen molar-refractivity contribution in [2.45, 2.75) is 38.1 Å². The largest absolute Gasteiger partial charge is 0.347 e. The van der Waals surface area contributed by atoms with E-state index in [1.54, 1.807) is 0 Å². The predicted octanol–water partition coefficient (Wildman–Crippen LogP) is 3.51. The third kappa shape index (κ3) is 2.29. The van der Waals surface area contributed by atoms with Gasteiger partial charge < -0.3 is 5.32 Å². The van der Waals surface area contributed by atoms with Gasteiger partial charge in [-0.15, -0.1) is 0 Å². The minimum atomic E-state index is 0.0443. The van der Waals surface area contributed by atoms with E-state index in [-0.39, 0.29) is 11.4 Å². The van der Waals surface area contributed by atoms with Gasteiger partial charge in [-0.2, -0.15) is 0 Å². The van der Waals surface area contributed by atoms with Crippen LogP contribution in [0.4, 0.5) is 0 Å². The fourth-order valence-electron chi connectivity index (χ4n) is 2.11. The van der Waals surface area contributed by atoms with E-state index in [0.717, 1.165) is 29.3 Å². The number of rotatable bonds is 3. The van der Waals surface area contributed by atoms with Crippen molar-refractivity contribution < 1.29 is 4.79 Å². The molecule has 0 unspecified atom stereocenters. The Balaban J connectivity index is 2.08. The third-order valence-corrected chi connectivity index (χ3v) is 3.95. The Morgan fingerprint density at radius 2 is 2.25 bits per heavy atom. The molecule has 1 N–H and O–H groups in total. The summed E-state index contributed by atoms with van der Waals surface area (Å²) in [5.41, 5.74) is 0.799. The van der Waals surface area contributed by atoms with Gasteiger partial charge in [0.1, 0.15) is 0 Å². The smallest absolute Gasteiger partial charge is 0.251 e. The summed E-state index contributed by atoms with van der Waals surface area (Å²) in [6, 6.07) is 7.52. The monoisotopic (exact) mass is 281 g/mol. The zero-order chi connectivity index (χ0) is 11.6. The van der Waals surface area contributed by atoms with Crippen LogP contribution >= 0.6 is 15.9 Å². The van der Waals surface area contributed by atoms with E-state index in [1.807, 2.05) is 24.3 Å². The third-order valence-electron chi connectivity index (χ3n) is 3.45. The quantitative estimate of drug-likeness (QED) is 0.903. The van der Waals surface area contributed by atoms with Crippen LogP contribution < -0.4 is 5.32 Å². The van der Waals surface area contributed by atoms with E-state index in [1.165, 1.54) is 6.42 Å². The van der Waals surface area contributed by atoms with E-state index in [2.05, 4.69) is 28.2 Å². The Morgan fingerprint density at radius 1 is 1.50 bits per heavy atom. The fourth-order valence-corrected chi connectivity index (χ4v) is 2.51. The van der Waals surface area contributed by atoms with Crippen molar-refractivity contribution >= 4 is 21.8 Å². The van der Waals surface area contributed by atoms with Gasteiger partial charge in [0.2, 0.25) is 0 Å². The summed E-state index contributed by atoms with van der Waals surface area (Å²) in [6.07, 6.45) is 4.48. The number of carbonyl (C=O) groups is 1. The molecular formula is C13H16BrNO. The number of nitrogens with one attached hydrogen (secondary N) is 1. The maximum Gasteiger partial charge on any atom is 0.251 e. The van der Waals surface area contributed by atoms with Crippen LogP contribution in [0.2, 0.25) is 0 Å². The van der Waals surface area contributed by atoms with Gasteiger partial charge in [0, 0.05) is 15.6 Å². The summed E-state index contributed by atoms with van der Waals surface area (Å²) in [5, 5.41) is 3.16. The highest BCUT2D eigenvalue weighted by molar-refractivity contribution is 9.10. The topological polar surface area (TPSA) is 29.1 Å². The van der Waals surface area contributed by atoms with Crippen molar-refractivity contribution in [2.75, 3.05) is 0 Å². The second-order valence-electron chi connectivity index (χ2n) is 4.45. The van der Waals surface area contributed by atoms with Crippen molar-refractivity contribution in [1.82, 2.24) is 5.32 Å². The van der Waals surface area contributed by atoms with Gasteiger partial charge in [-0.05, 0) is 43.9 Å². The molecule has 0 spiro atoms. The molecular weight excluding hydrogens is 266 g/mol. The molecule has 0 atom stereocenters. The van der Waals surface area contributed by atoms with Crippen molar-refractivity contribution in [3.05, 3.63) is 34.3 Å². The molecule has 1 aromatic rings. The van der Waals surface area contributed by atoms with Crippen molar-refractivity contribution in [3.8, 4) is 0 Å². The minimum Gasteiger partial charge on any atom is -0.347 e. The van der Waals surface area contributed by atoms with Gasteiger partial charge in [-0.1, -0.05) is 28.9 Å². The molecule has 1 aliphatic rings. The molecule has 16 heavy (non-hydrogen) atoms. The van der Waals surface area contributed by atoms with Crippen LogP contribution in [-0.2, 0) is 0 Å². The Labute approximate surface area is 105 Å². The summed E-state index contributed by atoms with van der Waals surface area (Å²) in [6.45, 7) is 2.14. The Bertz CT molecular complexity index is 393. The van der Waals surface area contributed by atoms with Crippen LogP contribution in [0.3, 0.4) is 0 Å². The van der Waals surface area contributed by atoms with E-state index in [4.69, 9.17) is 0 Å². The second kappa shape index (κ2) is 4.58. The molecule has 1 fully saturated rings. The number of halogens is 1. The van der Waals surface area contributed by atoms with Gasteiger partial charge in [-0.25, -0.2) is 0 Å². The molecule has 0 aromatic heterocycles. The molecule has 1 saturated carbocycles. The van der Waals surface area contributed by atoms with Crippen LogP contribution in [0.1, 0.15) is 43.0 Å². The van der Waals surface area contributed by atoms with Gasteiger partial charge >= 0.3 is 0 Å². The summed E-state index contributed by atoms with van der Waals surface area (Å²) >= 11 is 3.38. The Kier molecular flexibility index (Phi) is 3.33. The highest BCUT2D eigenvalue weighted by Gasteiger charge is 2.36. The molecule has 86 valence electrons. The average Bonchev–Trinajstić information content (AvgIpc) is 2.23. The molecule has 0 aliphatic heterocycles. The minimum absolute atomic E-state index is 0.0443. The predicted molar refractivity (Wildman–Crippen MR) is 68.5 cm³/mol. The van der Waals surface area contributed by atoms with Crippen molar-refractivity contribution in [1.29, 1.82) is 0 Å². The standard InChI is InChI=1S/C13H16BrNO/c1-2-13(7-4-8-13)15-12(16)10-5-3-6-11(14)9-10/h3,5-6,9H,2,4,7-8H2,1H3,(H,15,16). The molecule has 0 saturated heterocycles. The average molecular weight is 282 g/mol. The molecule has 0 bridgehead atoms. The first-order valence-electron chi connectivity index (χ1n) is 5.73. The number of hydrogen-bond acceptors (Lipinski definition) is 1. The number of carbonyl (C=O) groups excluding carboxylic acids is 1. The molecule has 0 radical (unpaired) electrons. The van der Waals surface area contributed by atoms with Crippen LogP contribution in [0.15, 0.2) is 28.7 Å². The summed E-state index contributed by atoms with van der Waals surface area (Å²) in [4.78, 5) is 12.0. The number of amides is 1. The van der Waals surface area contributed by atoms with Gasteiger partial charge in [0.15, 0.2) is 0 Å². The first kappa shape index (κ1) is 11.6. The summed E-state index contributed by atoms with van der Waals surface area (Å²) in [5.74, 6) is 0.0443. The van der Waals surface area contributed by atoms with E-state index < -0.39 is 0 Å². The number of hydrogen-bond donors (Lipinski definition) is 1. The lowest BCUT2D eigenvalue weighted by Crippen LogP contribution is -2.52. The SMILES string of the molecule is CCC1(NC(=O)c2cccc(Br)c2)CCC1. The lowest BCUT2D eigenvalue weighted by molar-refractivity contribution is 0.0820. The normalized spacial score (nSPS) is 17.6. The number of benzene rings is 1. The van der Waals surface area contributed by atoms with Crippen LogP contribution in [0.5, 0.6) is 0 Å². The molecule has 1 amide bonds. The van der Waals surface area contributed by atoms with Crippen LogP contribution in [0.25, 0.3) is 0 Å². The van der Waals surface area contributed by atoms with Gasteiger partial charge in [-0.3, -0.25) is 4.79 Å². The molecule has 2 rings (SSSR count). The molecule has 2 nitrogen and oxygen atoms in total. The maximum absolute atomic E-state index is 12.0. The highest BCUT2D eigenvalue weighted by atomic mass is 79.9. The summed E-state index contributed by atoms with van der Waals surface area (Å²) in [7, 11) is 0. The van der Waals surface area contributed by atoms with Gasteiger partial charge in [0.05, 0.1) is 0 Å². The second-order valence-corrected chi connectivity index (χ2v) is 5.37. The maximum atomic E-state index is 12.0. The highest BCUT2D eigenvalue weighted by Crippen LogP contribution is 2.34. The van der Waals surface area contributed by atoms with E-state index >= 15 is 0 Å². The lowest BCUT2D eigenvalue weighted by atomic mass is 9.74. The lowest BCUT2D eigenvalue weighted by Gasteiger charge is -2.42. The molecule has 0 heterocycles. The Morgan fingerprint density at radius 3 is 2.75 bits per heavy atom. The fraction of sp³-hybridized carbons (Fsp3) is 0.462. The van der Waals surface area contributed by atoms with Gasteiger partial charge in [0.25, 0.3) is 5.91 Å². The first-order valence-corrected chi connectivity index (χ1v) is 6.53. The van der Waals surface area contributed by atoms with Crippen LogP contribution in [0, 0.1) is 0 Å².